The molecule has 0 aliphatic carbocycles. The maximum atomic E-state index is 12.8. The number of hydrogen-bond donors (Lipinski definition) is 0. The second kappa shape index (κ2) is 7.21. The van der Waals surface area contributed by atoms with E-state index in [2.05, 4.69) is 6.58 Å². The van der Waals surface area contributed by atoms with Gasteiger partial charge in [-0.15, -0.1) is 0 Å². The second-order valence-electron chi connectivity index (χ2n) is 6.33. The van der Waals surface area contributed by atoms with E-state index in [1.807, 2.05) is 69.3 Å². The number of methoxy groups -OCH3 is 1. The van der Waals surface area contributed by atoms with Crippen molar-refractivity contribution >= 4 is 17.5 Å². The summed E-state index contributed by atoms with van der Waals surface area (Å²) < 4.78 is 10.8. The van der Waals surface area contributed by atoms with Crippen molar-refractivity contribution in [1.29, 1.82) is 0 Å². The van der Waals surface area contributed by atoms with Crippen LogP contribution in [0.4, 0.5) is 10.5 Å². The number of nitrogens with zero attached hydrogens (tertiary/aromatic N) is 1. The third-order valence-corrected chi connectivity index (χ3v) is 3.26. The first kappa shape index (κ1) is 17.6. The molecular weight excluding hydrogens is 302 g/mol. The van der Waals surface area contributed by atoms with E-state index in [1.54, 1.807) is 13.2 Å². The van der Waals surface area contributed by atoms with Crippen LogP contribution < -0.4 is 9.64 Å². The number of benzene rings is 2. The van der Waals surface area contributed by atoms with E-state index in [0.29, 0.717) is 17.1 Å². The minimum absolute atomic E-state index is 0.482. The summed E-state index contributed by atoms with van der Waals surface area (Å²) in [7, 11) is 1.59. The van der Waals surface area contributed by atoms with Crippen LogP contribution >= 0.6 is 0 Å². The van der Waals surface area contributed by atoms with Gasteiger partial charge in [-0.1, -0.05) is 43.0 Å². The molecule has 4 nitrogen and oxygen atoms in total. The van der Waals surface area contributed by atoms with Crippen molar-refractivity contribution in [3.63, 3.8) is 0 Å². The molecule has 0 radical (unpaired) electrons. The lowest BCUT2D eigenvalue weighted by atomic mass is 10.1. The highest BCUT2D eigenvalue weighted by Crippen LogP contribution is 2.29. The summed E-state index contributed by atoms with van der Waals surface area (Å²) in [6.07, 6.45) is -0.482. The molecule has 2 rings (SSSR count). The lowest BCUT2D eigenvalue weighted by Crippen LogP contribution is -2.35. The number of carbonyl (C=O) groups excluding carboxylic acids is 1. The van der Waals surface area contributed by atoms with Gasteiger partial charge in [0.1, 0.15) is 11.4 Å². The number of hydrogen-bond acceptors (Lipinski definition) is 3. The Labute approximate surface area is 143 Å². The lowest BCUT2D eigenvalue weighted by Gasteiger charge is -2.29. The molecule has 0 bridgehead atoms. The van der Waals surface area contributed by atoms with Gasteiger partial charge in [0.25, 0.3) is 0 Å². The van der Waals surface area contributed by atoms with Gasteiger partial charge in [0.05, 0.1) is 18.5 Å². The minimum atomic E-state index is -0.606. The number of carbonyl (C=O) groups is 1. The second-order valence-corrected chi connectivity index (χ2v) is 6.33. The Kier molecular flexibility index (Phi) is 5.29. The van der Waals surface area contributed by atoms with E-state index in [-0.39, 0.29) is 0 Å². The molecule has 0 N–H and O–H groups in total. The Morgan fingerprint density at radius 3 is 2.29 bits per heavy atom. The molecule has 0 spiro atoms. The van der Waals surface area contributed by atoms with Crippen LogP contribution in [0.3, 0.4) is 0 Å². The quantitative estimate of drug-likeness (QED) is 0.784. The van der Waals surface area contributed by atoms with Gasteiger partial charge in [-0.05, 0) is 38.5 Å². The van der Waals surface area contributed by atoms with E-state index >= 15 is 0 Å². The van der Waals surface area contributed by atoms with Crippen LogP contribution in [0.5, 0.6) is 5.75 Å². The summed E-state index contributed by atoms with van der Waals surface area (Å²) in [5, 5.41) is 0. The normalized spacial score (nSPS) is 10.8. The molecule has 0 fully saturated rings. The van der Waals surface area contributed by atoms with Crippen LogP contribution in [0, 0.1) is 0 Å². The van der Waals surface area contributed by atoms with Crippen LogP contribution in [0.15, 0.2) is 61.2 Å². The molecule has 0 aromatic heterocycles. The summed E-state index contributed by atoms with van der Waals surface area (Å²) in [5.41, 5.74) is 1.41. The van der Waals surface area contributed by atoms with Crippen molar-refractivity contribution in [3.8, 4) is 5.75 Å². The molecule has 2 aromatic rings. The molecule has 126 valence electrons. The van der Waals surface area contributed by atoms with Gasteiger partial charge in [0, 0.05) is 6.07 Å². The van der Waals surface area contributed by atoms with Gasteiger partial charge < -0.3 is 9.47 Å². The maximum Gasteiger partial charge on any atom is 0.419 e. The topological polar surface area (TPSA) is 38.8 Å². The fourth-order valence-corrected chi connectivity index (χ4v) is 2.19. The highest BCUT2D eigenvalue weighted by molar-refractivity contribution is 6.02. The van der Waals surface area contributed by atoms with Crippen molar-refractivity contribution < 1.29 is 14.3 Å². The van der Waals surface area contributed by atoms with Gasteiger partial charge in [-0.2, -0.15) is 0 Å². The Balaban J connectivity index is 2.44. The Bertz CT molecular complexity index is 717. The van der Waals surface area contributed by atoms with Gasteiger partial charge in [-0.3, -0.25) is 0 Å². The van der Waals surface area contributed by atoms with E-state index in [4.69, 9.17) is 9.47 Å². The van der Waals surface area contributed by atoms with E-state index in [9.17, 15) is 4.79 Å². The molecular formula is C20H23NO3. The van der Waals surface area contributed by atoms with Crippen molar-refractivity contribution in [2.75, 3.05) is 12.0 Å². The van der Waals surface area contributed by atoms with Crippen LogP contribution in [0.25, 0.3) is 5.70 Å². The zero-order valence-corrected chi connectivity index (χ0v) is 14.6. The number of ether oxygens (including phenoxy) is 2. The fraction of sp³-hybridized carbons (Fsp3) is 0.250. The molecule has 0 unspecified atom stereocenters. The van der Waals surface area contributed by atoms with Gasteiger partial charge >= 0.3 is 6.09 Å². The van der Waals surface area contributed by atoms with Crippen LogP contribution in [-0.4, -0.2) is 18.8 Å². The van der Waals surface area contributed by atoms with Crippen LogP contribution in [0.2, 0.25) is 0 Å². The first-order valence-electron chi connectivity index (χ1n) is 7.73. The maximum absolute atomic E-state index is 12.8. The first-order chi connectivity index (χ1) is 11.3. The summed E-state index contributed by atoms with van der Waals surface area (Å²) in [5.74, 6) is 0.655. The smallest absolute Gasteiger partial charge is 0.419 e. The molecule has 4 heteroatoms. The van der Waals surface area contributed by atoms with E-state index in [0.717, 1.165) is 5.56 Å². The van der Waals surface area contributed by atoms with Crippen LogP contribution in [-0.2, 0) is 4.74 Å². The van der Waals surface area contributed by atoms with Gasteiger partial charge in [0.2, 0.25) is 0 Å². The lowest BCUT2D eigenvalue weighted by molar-refractivity contribution is 0.0600. The molecule has 0 aliphatic rings. The third kappa shape index (κ3) is 4.38. The predicted molar refractivity (Wildman–Crippen MR) is 97.2 cm³/mol. The molecule has 0 aliphatic heterocycles. The molecule has 0 saturated heterocycles. The van der Waals surface area contributed by atoms with Crippen molar-refractivity contribution in [2.45, 2.75) is 26.4 Å². The third-order valence-electron chi connectivity index (χ3n) is 3.26. The minimum Gasteiger partial charge on any atom is -0.497 e. The standard InChI is InChI=1S/C20H23NO3/c1-15(16-10-7-6-8-11-16)21(19(22)24-20(2,3)4)17-12-9-13-18(14-17)23-5/h6-14H,1H2,2-5H3. The zero-order valence-electron chi connectivity index (χ0n) is 14.6. The Hall–Kier alpha value is -2.75. The molecule has 24 heavy (non-hydrogen) atoms. The number of amides is 1. The van der Waals surface area contributed by atoms with E-state index < -0.39 is 11.7 Å². The molecule has 1 amide bonds. The largest absolute Gasteiger partial charge is 0.497 e. The summed E-state index contributed by atoms with van der Waals surface area (Å²) in [6, 6.07) is 16.8. The average molecular weight is 325 g/mol. The van der Waals surface area contributed by atoms with Gasteiger partial charge in [0.15, 0.2) is 0 Å². The fourth-order valence-electron chi connectivity index (χ4n) is 2.19. The average Bonchev–Trinajstić information content (AvgIpc) is 2.54. The molecule has 0 atom stereocenters. The van der Waals surface area contributed by atoms with Crippen molar-refractivity contribution in [1.82, 2.24) is 0 Å². The summed E-state index contributed by atoms with van der Waals surface area (Å²) in [6.45, 7) is 9.59. The van der Waals surface area contributed by atoms with Crippen LogP contribution in [0.1, 0.15) is 26.3 Å². The molecule has 2 aromatic carbocycles. The van der Waals surface area contributed by atoms with Crippen molar-refractivity contribution in [2.24, 2.45) is 0 Å². The van der Waals surface area contributed by atoms with Gasteiger partial charge in [-0.25, -0.2) is 9.69 Å². The predicted octanol–water partition coefficient (Wildman–Crippen LogP) is 5.11. The Morgan fingerprint density at radius 1 is 1.04 bits per heavy atom. The number of anilines is 1. The first-order valence-corrected chi connectivity index (χ1v) is 7.73. The SMILES string of the molecule is C=C(c1ccccc1)N(C(=O)OC(C)(C)C)c1cccc(OC)c1. The monoisotopic (exact) mass is 325 g/mol. The molecule has 0 saturated carbocycles. The Morgan fingerprint density at radius 2 is 1.71 bits per heavy atom. The molecule has 0 heterocycles. The van der Waals surface area contributed by atoms with Crippen molar-refractivity contribution in [3.05, 3.63) is 66.7 Å². The number of rotatable bonds is 4. The summed E-state index contributed by atoms with van der Waals surface area (Å²) in [4.78, 5) is 14.2. The highest BCUT2D eigenvalue weighted by atomic mass is 16.6. The zero-order chi connectivity index (χ0) is 17.7. The summed E-state index contributed by atoms with van der Waals surface area (Å²) >= 11 is 0. The highest BCUT2D eigenvalue weighted by Gasteiger charge is 2.26. The van der Waals surface area contributed by atoms with E-state index in [1.165, 1.54) is 4.90 Å².